The molecule has 1 aromatic rings. The van der Waals surface area contributed by atoms with Crippen molar-refractivity contribution in [2.75, 3.05) is 13.2 Å². The molecule has 422 valence electrons. The number of aromatic hydroxyl groups is 1. The van der Waals surface area contributed by atoms with Crippen molar-refractivity contribution >= 4 is 70.9 Å². The van der Waals surface area contributed by atoms with E-state index in [0.717, 1.165) is 49.8 Å². The largest absolute Gasteiger partial charge is 0.508 e. The normalized spacial score (nSPS) is 23.8. The molecule has 0 radical (unpaired) electrons. The molecule has 0 aliphatic carbocycles. The summed E-state index contributed by atoms with van der Waals surface area (Å²) in [6.45, 7) is 3.24. The van der Waals surface area contributed by atoms with E-state index in [1.165, 1.54) is 24.3 Å². The second kappa shape index (κ2) is 32.1. The molecule has 1 unspecified atom stereocenters. The first-order chi connectivity index (χ1) is 36.0. The van der Waals surface area contributed by atoms with Gasteiger partial charge in [0.05, 0.1) is 25.9 Å². The summed E-state index contributed by atoms with van der Waals surface area (Å²) < 4.78 is 0. The maximum atomic E-state index is 14.3. The van der Waals surface area contributed by atoms with Crippen LogP contribution in [0.15, 0.2) is 24.3 Å². The molecular formula is C50H77N11O15. The van der Waals surface area contributed by atoms with Crippen molar-refractivity contribution in [2.45, 2.75) is 184 Å². The minimum absolute atomic E-state index is 0.00410. The van der Waals surface area contributed by atoms with Gasteiger partial charge in [-0.3, -0.25) is 57.5 Å². The van der Waals surface area contributed by atoms with Gasteiger partial charge in [0.2, 0.25) is 65.0 Å². The number of nitrogens with zero attached hydrogens (tertiary/aromatic N) is 1. The third kappa shape index (κ3) is 22.6. The molecule has 76 heavy (non-hydrogen) atoms. The SMILES string of the molecule is CC(C)CCCCCCCCCCC1CC(=O)N[C@@H](CC(=O)O)C(=O)N[C@@H](Cc2ccc(O)cc2)C(=O)N[C@@H](CC(N)=O)C(=O)N[C@@H](CCC(N)=O)C(=O)N2CCC[C@H]2C(=O)N[C@@H](CC(N)=O)C(=O)N[C@@H](CO)C(=O)N1. The second-order valence-corrected chi connectivity index (χ2v) is 19.8. The Bertz CT molecular complexity index is 2210. The van der Waals surface area contributed by atoms with Gasteiger partial charge in [0.25, 0.3) is 0 Å². The molecule has 0 aromatic heterocycles. The van der Waals surface area contributed by atoms with E-state index in [-0.39, 0.29) is 38.0 Å². The van der Waals surface area contributed by atoms with Crippen LogP contribution in [0.3, 0.4) is 0 Å². The summed E-state index contributed by atoms with van der Waals surface area (Å²) >= 11 is 0. The number of unbranched alkanes of at least 4 members (excludes halogenated alkanes) is 7. The minimum Gasteiger partial charge on any atom is -0.508 e. The lowest BCUT2D eigenvalue weighted by Crippen LogP contribution is -2.60. The van der Waals surface area contributed by atoms with Crippen LogP contribution in [0.1, 0.15) is 135 Å². The highest BCUT2D eigenvalue weighted by atomic mass is 16.4. The number of fused-ring (bicyclic) bond motifs is 1. The fourth-order valence-corrected chi connectivity index (χ4v) is 8.89. The lowest BCUT2D eigenvalue weighted by Gasteiger charge is -2.31. The van der Waals surface area contributed by atoms with Crippen LogP contribution >= 0.6 is 0 Å². The fraction of sp³-hybridized carbons (Fsp3) is 0.640. The van der Waals surface area contributed by atoms with E-state index in [1.807, 2.05) is 0 Å². The zero-order valence-electron chi connectivity index (χ0n) is 43.3. The Morgan fingerprint density at radius 2 is 1.08 bits per heavy atom. The van der Waals surface area contributed by atoms with E-state index in [2.05, 4.69) is 51.1 Å². The molecule has 8 atom stereocenters. The monoisotopic (exact) mass is 1070 g/mol. The van der Waals surface area contributed by atoms with Crippen LogP contribution in [0.4, 0.5) is 0 Å². The molecule has 1 aromatic carbocycles. The van der Waals surface area contributed by atoms with Crippen molar-refractivity contribution in [1.29, 1.82) is 0 Å². The van der Waals surface area contributed by atoms with Gasteiger partial charge >= 0.3 is 5.97 Å². The molecule has 3 rings (SSSR count). The minimum atomic E-state index is -1.88. The lowest BCUT2D eigenvalue weighted by atomic mass is 10.0. The molecule has 0 bridgehead atoms. The van der Waals surface area contributed by atoms with Crippen molar-refractivity contribution in [3.8, 4) is 5.75 Å². The van der Waals surface area contributed by atoms with Crippen LogP contribution in [-0.2, 0) is 64.0 Å². The molecule has 16 N–H and O–H groups in total. The predicted molar refractivity (Wildman–Crippen MR) is 271 cm³/mol. The number of carboxylic acids is 1. The number of carboxylic acid groups (broad SMARTS) is 1. The summed E-state index contributed by atoms with van der Waals surface area (Å²) in [6, 6.07) is -7.69. The number of carbonyl (C=O) groups is 12. The predicted octanol–water partition coefficient (Wildman–Crippen LogP) is -2.24. The standard InChI is InChI=1S/C50H77N11O15/c1-28(2)12-9-7-5-3-4-6-8-10-13-30-23-42(67)55-36(26-43(68)69)47(73)57-33(22-29-15-17-31(63)18-16-29)44(70)58-34(24-40(52)65)45(71)56-32(19-20-39(51)64)50(76)61-21-11-14-38(61)49(75)59-35(25-41(53)66)46(72)60-37(27-62)48(74)54-30/h15-18,28,30,32-38,62-63H,3-14,19-27H2,1-2H3,(H2,51,64)(H2,52,65)(H2,53,66)(H,54,74)(H,55,67)(H,56,71)(H,57,73)(H,58,70)(H,59,75)(H,60,72)(H,68,69)/t30?,32-,33-,34-,35-,36-,37-,38-/m0/s1. The number of nitrogens with two attached hydrogens (primary N) is 3. The molecule has 11 amide bonds. The van der Waals surface area contributed by atoms with Crippen LogP contribution < -0.4 is 54.4 Å². The molecule has 0 spiro atoms. The van der Waals surface area contributed by atoms with Gasteiger partial charge in [-0.05, 0) is 49.3 Å². The number of aliphatic hydroxyl groups excluding tert-OH is 1. The van der Waals surface area contributed by atoms with E-state index < -0.39 is 164 Å². The van der Waals surface area contributed by atoms with Gasteiger partial charge < -0.3 is 74.6 Å². The number of phenols is 1. The average Bonchev–Trinajstić information content (AvgIpc) is 3.84. The Labute approximate surface area is 440 Å². The molecule has 0 saturated carbocycles. The Kier molecular flexibility index (Phi) is 26.6. The number of benzene rings is 1. The Morgan fingerprint density at radius 1 is 0.592 bits per heavy atom. The first-order valence-electron chi connectivity index (χ1n) is 25.8. The number of rotatable bonds is 23. The third-order valence-electron chi connectivity index (χ3n) is 12.9. The van der Waals surface area contributed by atoms with Crippen molar-refractivity contribution in [1.82, 2.24) is 42.1 Å². The van der Waals surface area contributed by atoms with Gasteiger partial charge in [-0.15, -0.1) is 0 Å². The highest BCUT2D eigenvalue weighted by Crippen LogP contribution is 2.21. The summed E-state index contributed by atoms with van der Waals surface area (Å²) in [7, 11) is 0. The van der Waals surface area contributed by atoms with E-state index in [0.29, 0.717) is 24.3 Å². The zero-order valence-corrected chi connectivity index (χ0v) is 43.3. The Balaban J connectivity index is 2.10. The molecule has 2 fully saturated rings. The van der Waals surface area contributed by atoms with E-state index in [9.17, 15) is 72.9 Å². The maximum Gasteiger partial charge on any atom is 0.305 e. The van der Waals surface area contributed by atoms with E-state index in [4.69, 9.17) is 17.2 Å². The van der Waals surface area contributed by atoms with E-state index in [1.54, 1.807) is 0 Å². The molecule has 26 heteroatoms. The van der Waals surface area contributed by atoms with Crippen LogP contribution in [0.5, 0.6) is 5.75 Å². The number of phenolic OH excluding ortho intramolecular Hbond substituents is 1. The molecule has 2 aliphatic rings. The topological polar surface area (TPSA) is 431 Å². The van der Waals surface area contributed by atoms with Gasteiger partial charge in [0.1, 0.15) is 48.0 Å². The van der Waals surface area contributed by atoms with Crippen LogP contribution in [0.25, 0.3) is 0 Å². The molecular weight excluding hydrogens is 995 g/mol. The van der Waals surface area contributed by atoms with Crippen LogP contribution in [0.2, 0.25) is 0 Å². The smallest absolute Gasteiger partial charge is 0.305 e. The summed E-state index contributed by atoms with van der Waals surface area (Å²) in [5, 5.41) is 46.9. The molecule has 2 saturated heterocycles. The highest BCUT2D eigenvalue weighted by Gasteiger charge is 2.41. The third-order valence-corrected chi connectivity index (χ3v) is 12.9. The average molecular weight is 1070 g/mol. The maximum absolute atomic E-state index is 14.3. The number of nitrogens with one attached hydrogen (secondary N) is 7. The first-order valence-corrected chi connectivity index (χ1v) is 25.8. The van der Waals surface area contributed by atoms with Gasteiger partial charge in [-0.25, -0.2) is 0 Å². The van der Waals surface area contributed by atoms with Crippen LogP contribution in [-0.4, -0.2) is 153 Å². The molecule has 2 aliphatic heterocycles. The zero-order chi connectivity index (χ0) is 56.5. The summed E-state index contributed by atoms with van der Waals surface area (Å²) in [5.74, 6) is -12.7. The number of carbonyl (C=O) groups excluding carboxylic acids is 11. The number of aliphatic hydroxyl groups is 1. The summed E-state index contributed by atoms with van der Waals surface area (Å²) in [6.07, 6.45) is 4.15. The molecule has 26 nitrogen and oxygen atoms in total. The Morgan fingerprint density at radius 3 is 1.62 bits per heavy atom. The number of primary amides is 3. The lowest BCUT2D eigenvalue weighted by molar-refractivity contribution is -0.143. The second-order valence-electron chi connectivity index (χ2n) is 19.8. The number of aliphatic carboxylic acids is 1. The quantitative estimate of drug-likeness (QED) is 0.0516. The van der Waals surface area contributed by atoms with Crippen molar-refractivity contribution in [3.63, 3.8) is 0 Å². The summed E-state index contributed by atoms with van der Waals surface area (Å²) in [5.41, 5.74) is 16.6. The van der Waals surface area contributed by atoms with Gasteiger partial charge in [0.15, 0.2) is 0 Å². The Hall–Kier alpha value is -7.38. The number of hydrogen-bond acceptors (Lipinski definition) is 14. The fourth-order valence-electron chi connectivity index (χ4n) is 8.89. The van der Waals surface area contributed by atoms with E-state index >= 15 is 0 Å². The van der Waals surface area contributed by atoms with Crippen molar-refractivity contribution < 1.29 is 72.9 Å². The number of hydrogen-bond donors (Lipinski definition) is 13. The highest BCUT2D eigenvalue weighted by molar-refractivity contribution is 6.00. The van der Waals surface area contributed by atoms with Crippen LogP contribution in [0, 0.1) is 5.92 Å². The van der Waals surface area contributed by atoms with Gasteiger partial charge in [0, 0.05) is 31.8 Å². The van der Waals surface area contributed by atoms with Gasteiger partial charge in [-0.1, -0.05) is 83.8 Å². The first kappa shape index (κ1) is 62.9. The number of amides is 11. The van der Waals surface area contributed by atoms with Gasteiger partial charge in [-0.2, -0.15) is 0 Å². The van der Waals surface area contributed by atoms with Crippen molar-refractivity contribution in [2.24, 2.45) is 23.1 Å². The van der Waals surface area contributed by atoms with Crippen molar-refractivity contribution in [3.05, 3.63) is 29.8 Å². The molecule has 2 heterocycles. The summed E-state index contributed by atoms with van der Waals surface area (Å²) in [4.78, 5) is 162.